The molecule has 2 N–H and O–H groups in total. The van der Waals surface area contributed by atoms with Gasteiger partial charge in [-0.2, -0.15) is 0 Å². The average Bonchev–Trinajstić information content (AvgIpc) is 2.79. The highest BCUT2D eigenvalue weighted by atomic mass is 35.5. The number of hydrogen-bond donors (Lipinski definition) is 2. The first kappa shape index (κ1) is 19.4. The van der Waals surface area contributed by atoms with Crippen molar-refractivity contribution in [1.29, 1.82) is 0 Å². The van der Waals surface area contributed by atoms with Gasteiger partial charge in [-0.15, -0.1) is 11.3 Å². The molecule has 0 fully saturated rings. The zero-order chi connectivity index (χ0) is 18.7. The highest BCUT2D eigenvalue weighted by Crippen LogP contribution is 2.38. The van der Waals surface area contributed by atoms with Crippen molar-refractivity contribution in [2.24, 2.45) is 0 Å². The smallest absolute Gasteiger partial charge is 0.341 e. The molecule has 26 heavy (non-hydrogen) atoms. The van der Waals surface area contributed by atoms with Gasteiger partial charge in [-0.05, 0) is 55.6 Å². The van der Waals surface area contributed by atoms with E-state index in [1.165, 1.54) is 18.4 Å². The minimum Gasteiger partial charge on any atom is -0.465 e. The number of halogens is 2. The Balaban J connectivity index is 1.86. The number of aryl methyl sites for hydroxylation is 1. The van der Waals surface area contributed by atoms with Crippen LogP contribution in [0.25, 0.3) is 0 Å². The van der Waals surface area contributed by atoms with Crippen molar-refractivity contribution in [1.82, 2.24) is 0 Å². The van der Waals surface area contributed by atoms with Crippen LogP contribution >= 0.6 is 46.8 Å². The zero-order valence-electron chi connectivity index (χ0n) is 14.2. The fourth-order valence-electron chi connectivity index (χ4n) is 3.01. The molecule has 0 bridgehead atoms. The molecule has 1 heterocycles. The minimum atomic E-state index is -0.338. The number of carbonyl (C=O) groups excluding carboxylic acids is 1. The Hall–Kier alpha value is -1.34. The molecular weight excluding hydrogens is 411 g/mol. The number of anilines is 2. The number of carbonyl (C=O) groups is 1. The number of thiocarbonyl (C=S) groups is 1. The summed E-state index contributed by atoms with van der Waals surface area (Å²) in [5.74, 6) is -0.338. The quantitative estimate of drug-likeness (QED) is 0.360. The topological polar surface area (TPSA) is 50.4 Å². The SMILES string of the molecule is COC(=O)c1c(NC(=S)Nc2cccc(Cl)c2Cl)sc2c1CCCCC2. The van der Waals surface area contributed by atoms with E-state index in [2.05, 4.69) is 10.6 Å². The Labute approximate surface area is 171 Å². The molecule has 0 aliphatic heterocycles. The summed E-state index contributed by atoms with van der Waals surface area (Å²) in [4.78, 5) is 13.6. The Morgan fingerprint density at radius 1 is 1.19 bits per heavy atom. The molecule has 0 radical (unpaired) electrons. The summed E-state index contributed by atoms with van der Waals surface area (Å²) >= 11 is 19.2. The second-order valence-corrected chi connectivity index (χ2v) is 8.24. The van der Waals surface area contributed by atoms with E-state index < -0.39 is 0 Å². The molecule has 0 spiro atoms. The molecule has 0 amide bonds. The molecule has 1 aliphatic carbocycles. The van der Waals surface area contributed by atoms with E-state index in [0.29, 0.717) is 31.4 Å². The van der Waals surface area contributed by atoms with Gasteiger partial charge in [0, 0.05) is 4.88 Å². The number of rotatable bonds is 3. The lowest BCUT2D eigenvalue weighted by atomic mass is 10.1. The number of ether oxygens (including phenoxy) is 1. The van der Waals surface area contributed by atoms with Gasteiger partial charge in [0.05, 0.1) is 28.4 Å². The van der Waals surface area contributed by atoms with Crippen LogP contribution in [0, 0.1) is 0 Å². The van der Waals surface area contributed by atoms with E-state index >= 15 is 0 Å². The van der Waals surface area contributed by atoms with Crippen LogP contribution < -0.4 is 10.6 Å². The Kier molecular flexibility index (Phi) is 6.40. The number of esters is 1. The van der Waals surface area contributed by atoms with Gasteiger partial charge in [0.1, 0.15) is 5.00 Å². The summed E-state index contributed by atoms with van der Waals surface area (Å²) in [6.45, 7) is 0. The van der Waals surface area contributed by atoms with Gasteiger partial charge in [-0.1, -0.05) is 35.7 Å². The van der Waals surface area contributed by atoms with E-state index in [0.717, 1.165) is 31.2 Å². The predicted octanol–water partition coefficient (Wildman–Crippen LogP) is 5.92. The minimum absolute atomic E-state index is 0.338. The lowest BCUT2D eigenvalue weighted by Crippen LogP contribution is -2.20. The summed E-state index contributed by atoms with van der Waals surface area (Å²) in [7, 11) is 1.40. The normalized spacial score (nSPS) is 13.5. The fraction of sp³-hybridized carbons (Fsp3) is 0.333. The molecule has 138 valence electrons. The second kappa shape index (κ2) is 8.57. The van der Waals surface area contributed by atoms with Gasteiger partial charge < -0.3 is 15.4 Å². The van der Waals surface area contributed by atoms with E-state index in [9.17, 15) is 4.79 Å². The first-order valence-corrected chi connectivity index (χ1v) is 10.2. The molecule has 2 aromatic rings. The van der Waals surface area contributed by atoms with Gasteiger partial charge in [0.2, 0.25) is 0 Å². The van der Waals surface area contributed by atoms with Crippen LogP contribution in [0.1, 0.15) is 40.1 Å². The number of benzene rings is 1. The molecule has 0 atom stereocenters. The molecule has 0 saturated carbocycles. The molecule has 0 unspecified atom stereocenters. The Morgan fingerprint density at radius 2 is 1.96 bits per heavy atom. The molecular formula is C18H18Cl2N2O2S2. The third-order valence-corrected chi connectivity index (χ3v) is 6.47. The van der Waals surface area contributed by atoms with E-state index in [1.807, 2.05) is 0 Å². The fourth-order valence-corrected chi connectivity index (χ4v) is 4.91. The van der Waals surface area contributed by atoms with Crippen molar-refractivity contribution in [3.05, 3.63) is 44.2 Å². The van der Waals surface area contributed by atoms with Gasteiger partial charge in [0.15, 0.2) is 5.11 Å². The number of fused-ring (bicyclic) bond motifs is 1. The third-order valence-electron chi connectivity index (χ3n) is 4.24. The van der Waals surface area contributed by atoms with Crippen molar-refractivity contribution in [3.8, 4) is 0 Å². The van der Waals surface area contributed by atoms with E-state index in [1.54, 1.807) is 29.5 Å². The summed E-state index contributed by atoms with van der Waals surface area (Å²) in [5, 5.41) is 8.06. The molecule has 1 aromatic heterocycles. The Morgan fingerprint density at radius 3 is 2.73 bits per heavy atom. The number of thiophene rings is 1. The lowest BCUT2D eigenvalue weighted by Gasteiger charge is -2.12. The summed E-state index contributed by atoms with van der Waals surface area (Å²) in [6.07, 6.45) is 5.25. The van der Waals surface area contributed by atoms with Crippen molar-refractivity contribution >= 4 is 68.5 Å². The van der Waals surface area contributed by atoms with Crippen molar-refractivity contribution < 1.29 is 9.53 Å². The number of hydrogen-bond acceptors (Lipinski definition) is 4. The summed E-state index contributed by atoms with van der Waals surface area (Å²) in [6, 6.07) is 5.27. The molecule has 3 rings (SSSR count). The number of methoxy groups -OCH3 is 1. The monoisotopic (exact) mass is 428 g/mol. The third kappa shape index (κ3) is 4.14. The van der Waals surface area contributed by atoms with Crippen LogP contribution in [-0.2, 0) is 17.6 Å². The first-order chi connectivity index (χ1) is 12.5. The van der Waals surface area contributed by atoms with Crippen molar-refractivity contribution in [3.63, 3.8) is 0 Å². The van der Waals surface area contributed by atoms with Crippen LogP contribution in [0.2, 0.25) is 10.0 Å². The van der Waals surface area contributed by atoms with Gasteiger partial charge in [-0.25, -0.2) is 4.79 Å². The maximum absolute atomic E-state index is 12.4. The van der Waals surface area contributed by atoms with Gasteiger partial charge in [0.25, 0.3) is 0 Å². The Bertz CT molecular complexity index is 852. The van der Waals surface area contributed by atoms with E-state index in [4.69, 9.17) is 40.2 Å². The van der Waals surface area contributed by atoms with Gasteiger partial charge >= 0.3 is 5.97 Å². The first-order valence-electron chi connectivity index (χ1n) is 8.26. The molecule has 8 heteroatoms. The maximum Gasteiger partial charge on any atom is 0.341 e. The summed E-state index contributed by atoms with van der Waals surface area (Å²) in [5.41, 5.74) is 2.29. The van der Waals surface area contributed by atoms with Crippen LogP contribution in [-0.4, -0.2) is 18.2 Å². The van der Waals surface area contributed by atoms with Crippen LogP contribution in [0.5, 0.6) is 0 Å². The predicted molar refractivity (Wildman–Crippen MR) is 113 cm³/mol. The van der Waals surface area contributed by atoms with Crippen molar-refractivity contribution in [2.75, 3.05) is 17.7 Å². The standard InChI is InChI=1S/C18H18Cl2N2O2S2/c1-24-17(23)14-10-6-3-2-4-9-13(10)26-16(14)22-18(25)21-12-8-5-7-11(19)15(12)20/h5,7-8H,2-4,6,9H2,1H3,(H2,21,22,25). The lowest BCUT2D eigenvalue weighted by molar-refractivity contribution is 0.0601. The van der Waals surface area contributed by atoms with Crippen LogP contribution in [0.3, 0.4) is 0 Å². The van der Waals surface area contributed by atoms with Gasteiger partial charge in [-0.3, -0.25) is 0 Å². The van der Waals surface area contributed by atoms with E-state index in [-0.39, 0.29) is 5.97 Å². The summed E-state index contributed by atoms with van der Waals surface area (Å²) < 4.78 is 5.00. The molecule has 4 nitrogen and oxygen atoms in total. The highest BCUT2D eigenvalue weighted by molar-refractivity contribution is 7.80. The van der Waals surface area contributed by atoms with Crippen LogP contribution in [0.15, 0.2) is 18.2 Å². The van der Waals surface area contributed by atoms with Crippen molar-refractivity contribution in [2.45, 2.75) is 32.1 Å². The van der Waals surface area contributed by atoms with Crippen LogP contribution in [0.4, 0.5) is 10.7 Å². The highest BCUT2D eigenvalue weighted by Gasteiger charge is 2.25. The molecule has 1 aromatic carbocycles. The largest absolute Gasteiger partial charge is 0.465 e. The zero-order valence-corrected chi connectivity index (χ0v) is 17.3. The maximum atomic E-state index is 12.4. The molecule has 0 saturated heterocycles. The second-order valence-electron chi connectivity index (χ2n) is 5.94. The number of nitrogens with one attached hydrogen (secondary N) is 2. The average molecular weight is 429 g/mol. The molecule has 1 aliphatic rings.